The molecule has 1 aromatic heterocycles. The van der Waals surface area contributed by atoms with Crippen molar-refractivity contribution in [3.63, 3.8) is 0 Å². The van der Waals surface area contributed by atoms with Gasteiger partial charge in [0.1, 0.15) is 6.10 Å². The fourth-order valence-corrected chi connectivity index (χ4v) is 1.57. The molecule has 0 spiro atoms. The predicted octanol–water partition coefficient (Wildman–Crippen LogP) is 2.33. The molecule has 0 radical (unpaired) electrons. The molecule has 1 atom stereocenters. The van der Waals surface area contributed by atoms with E-state index in [1.807, 2.05) is 19.2 Å². The van der Waals surface area contributed by atoms with E-state index in [9.17, 15) is 4.79 Å². The molecule has 1 aromatic rings. The molecule has 3 nitrogen and oxygen atoms in total. The Kier molecular flexibility index (Phi) is 4.62. The Morgan fingerprint density at radius 2 is 2.43 bits per heavy atom. The first-order chi connectivity index (χ1) is 6.74. The fraction of sp³-hybridized carbons (Fsp3) is 0.500. The fourth-order valence-electron chi connectivity index (χ4n) is 0.949. The summed E-state index contributed by atoms with van der Waals surface area (Å²) in [4.78, 5) is 11.4. The lowest BCUT2D eigenvalue weighted by Gasteiger charge is -2.11. The van der Waals surface area contributed by atoms with E-state index in [1.165, 1.54) is 11.3 Å². The van der Waals surface area contributed by atoms with Crippen LogP contribution in [0, 0.1) is 0 Å². The van der Waals surface area contributed by atoms with Gasteiger partial charge >= 0.3 is 5.97 Å². The second kappa shape index (κ2) is 5.78. The number of esters is 1. The molecule has 1 rings (SSSR count). The smallest absolute Gasteiger partial charge is 0.339 e. The maximum atomic E-state index is 11.4. The number of hydrogen-bond acceptors (Lipinski definition) is 4. The van der Waals surface area contributed by atoms with Crippen LogP contribution in [-0.4, -0.2) is 25.3 Å². The highest BCUT2D eigenvalue weighted by Crippen LogP contribution is 2.08. The van der Waals surface area contributed by atoms with Crippen LogP contribution >= 0.6 is 11.3 Å². The Bertz CT molecular complexity index is 269. The maximum Gasteiger partial charge on any atom is 0.339 e. The minimum absolute atomic E-state index is 0.192. The molecule has 0 aliphatic rings. The molecular formula is C10H14O3S. The Morgan fingerprint density at radius 1 is 1.64 bits per heavy atom. The SMILES string of the molecule is CCOCC(C)OC(=O)c1ccsc1. The molecule has 4 heteroatoms. The number of rotatable bonds is 5. The maximum absolute atomic E-state index is 11.4. The highest BCUT2D eigenvalue weighted by atomic mass is 32.1. The highest BCUT2D eigenvalue weighted by molar-refractivity contribution is 7.08. The van der Waals surface area contributed by atoms with Gasteiger partial charge in [0.25, 0.3) is 0 Å². The number of carbonyl (C=O) groups excluding carboxylic acids is 1. The molecular weight excluding hydrogens is 200 g/mol. The van der Waals surface area contributed by atoms with E-state index in [2.05, 4.69) is 0 Å². The lowest BCUT2D eigenvalue weighted by molar-refractivity contribution is 0.00444. The molecule has 0 N–H and O–H groups in total. The van der Waals surface area contributed by atoms with Crippen LogP contribution in [0.3, 0.4) is 0 Å². The summed E-state index contributed by atoms with van der Waals surface area (Å²) in [6.45, 7) is 4.82. The predicted molar refractivity (Wildman–Crippen MR) is 55.7 cm³/mol. The topological polar surface area (TPSA) is 35.5 Å². The van der Waals surface area contributed by atoms with Crippen molar-refractivity contribution >= 4 is 17.3 Å². The number of hydrogen-bond donors (Lipinski definition) is 0. The molecule has 78 valence electrons. The summed E-state index contributed by atoms with van der Waals surface area (Å²) in [6.07, 6.45) is -0.192. The van der Waals surface area contributed by atoms with Gasteiger partial charge < -0.3 is 9.47 Å². The van der Waals surface area contributed by atoms with Gasteiger partial charge in [0, 0.05) is 12.0 Å². The summed E-state index contributed by atoms with van der Waals surface area (Å²) in [5.41, 5.74) is 0.610. The first kappa shape index (κ1) is 11.2. The van der Waals surface area contributed by atoms with E-state index < -0.39 is 0 Å². The van der Waals surface area contributed by atoms with E-state index in [1.54, 1.807) is 11.4 Å². The summed E-state index contributed by atoms with van der Waals surface area (Å²) in [7, 11) is 0. The van der Waals surface area contributed by atoms with Gasteiger partial charge in [0.15, 0.2) is 0 Å². The van der Waals surface area contributed by atoms with Crippen LogP contribution < -0.4 is 0 Å². The van der Waals surface area contributed by atoms with Crippen molar-refractivity contribution in [1.82, 2.24) is 0 Å². The van der Waals surface area contributed by atoms with Gasteiger partial charge in [-0.05, 0) is 25.3 Å². The van der Waals surface area contributed by atoms with E-state index in [4.69, 9.17) is 9.47 Å². The summed E-state index contributed by atoms with van der Waals surface area (Å²) in [5, 5.41) is 3.62. The van der Waals surface area contributed by atoms with Gasteiger partial charge in [-0.15, -0.1) is 0 Å². The van der Waals surface area contributed by atoms with Crippen molar-refractivity contribution in [1.29, 1.82) is 0 Å². The van der Waals surface area contributed by atoms with Crippen LogP contribution in [0.15, 0.2) is 16.8 Å². The van der Waals surface area contributed by atoms with Gasteiger partial charge in [-0.3, -0.25) is 0 Å². The molecule has 0 saturated heterocycles. The van der Waals surface area contributed by atoms with Crippen LogP contribution in [0.5, 0.6) is 0 Å². The zero-order valence-electron chi connectivity index (χ0n) is 8.36. The standard InChI is InChI=1S/C10H14O3S/c1-3-12-6-8(2)13-10(11)9-4-5-14-7-9/h4-5,7-8H,3,6H2,1-2H3. The molecule has 0 aromatic carbocycles. The van der Waals surface area contributed by atoms with Crippen molar-refractivity contribution in [3.05, 3.63) is 22.4 Å². The lowest BCUT2D eigenvalue weighted by Crippen LogP contribution is -2.20. The average molecular weight is 214 g/mol. The van der Waals surface area contributed by atoms with E-state index in [0.29, 0.717) is 18.8 Å². The highest BCUT2D eigenvalue weighted by Gasteiger charge is 2.11. The van der Waals surface area contributed by atoms with Crippen molar-refractivity contribution in [2.45, 2.75) is 20.0 Å². The van der Waals surface area contributed by atoms with Gasteiger partial charge in [0.2, 0.25) is 0 Å². The number of ether oxygens (including phenoxy) is 2. The molecule has 1 unspecified atom stereocenters. The zero-order chi connectivity index (χ0) is 10.4. The first-order valence-electron chi connectivity index (χ1n) is 4.55. The van der Waals surface area contributed by atoms with Gasteiger partial charge in [-0.1, -0.05) is 0 Å². The largest absolute Gasteiger partial charge is 0.457 e. The first-order valence-corrected chi connectivity index (χ1v) is 5.49. The molecule has 14 heavy (non-hydrogen) atoms. The number of carbonyl (C=O) groups is 1. The molecule has 0 bridgehead atoms. The van der Waals surface area contributed by atoms with Gasteiger partial charge in [-0.2, -0.15) is 11.3 Å². The van der Waals surface area contributed by atoms with Crippen molar-refractivity contribution in [2.75, 3.05) is 13.2 Å². The third kappa shape index (κ3) is 3.47. The normalized spacial score (nSPS) is 12.4. The van der Waals surface area contributed by atoms with E-state index in [0.717, 1.165) is 0 Å². The summed E-state index contributed by atoms with van der Waals surface area (Å²) in [5.74, 6) is -0.279. The summed E-state index contributed by atoms with van der Waals surface area (Å²) >= 11 is 1.48. The Labute approximate surface area is 87.7 Å². The zero-order valence-corrected chi connectivity index (χ0v) is 9.17. The minimum Gasteiger partial charge on any atom is -0.457 e. The van der Waals surface area contributed by atoms with Gasteiger partial charge in [-0.25, -0.2) is 4.79 Å². The van der Waals surface area contributed by atoms with Crippen LogP contribution in [0.1, 0.15) is 24.2 Å². The molecule has 0 aliphatic heterocycles. The Balaban J connectivity index is 2.34. The molecule has 0 fully saturated rings. The van der Waals surface area contributed by atoms with Crippen molar-refractivity contribution in [2.24, 2.45) is 0 Å². The second-order valence-corrected chi connectivity index (χ2v) is 3.67. The average Bonchev–Trinajstić information content (AvgIpc) is 2.67. The van der Waals surface area contributed by atoms with E-state index >= 15 is 0 Å². The van der Waals surface area contributed by atoms with Crippen LogP contribution in [0.25, 0.3) is 0 Å². The van der Waals surface area contributed by atoms with Crippen LogP contribution in [0.2, 0.25) is 0 Å². The molecule has 0 amide bonds. The monoisotopic (exact) mass is 214 g/mol. The minimum atomic E-state index is -0.279. The van der Waals surface area contributed by atoms with E-state index in [-0.39, 0.29) is 12.1 Å². The summed E-state index contributed by atoms with van der Waals surface area (Å²) < 4.78 is 10.3. The molecule has 0 saturated carbocycles. The second-order valence-electron chi connectivity index (χ2n) is 2.89. The van der Waals surface area contributed by atoms with Crippen molar-refractivity contribution in [3.8, 4) is 0 Å². The number of thiophene rings is 1. The molecule has 0 aliphatic carbocycles. The quantitative estimate of drug-likeness (QED) is 0.706. The lowest BCUT2D eigenvalue weighted by atomic mass is 10.3. The van der Waals surface area contributed by atoms with Crippen LogP contribution in [-0.2, 0) is 9.47 Å². The summed E-state index contributed by atoms with van der Waals surface area (Å²) in [6, 6.07) is 1.75. The third-order valence-corrected chi connectivity index (χ3v) is 2.31. The van der Waals surface area contributed by atoms with Crippen LogP contribution in [0.4, 0.5) is 0 Å². The van der Waals surface area contributed by atoms with Crippen molar-refractivity contribution < 1.29 is 14.3 Å². The Morgan fingerprint density at radius 3 is 3.00 bits per heavy atom. The Hall–Kier alpha value is -0.870. The molecule has 1 heterocycles. The third-order valence-electron chi connectivity index (χ3n) is 1.62. The van der Waals surface area contributed by atoms with Gasteiger partial charge in [0.05, 0.1) is 12.2 Å².